The van der Waals surface area contributed by atoms with Crippen LogP contribution in [0.1, 0.15) is 26.7 Å². The van der Waals surface area contributed by atoms with Crippen LogP contribution in [0.2, 0.25) is 0 Å². The Balaban J connectivity index is 0.000000791. The van der Waals surface area contributed by atoms with Crippen LogP contribution in [0, 0.1) is 0 Å². The zero-order valence-corrected chi connectivity index (χ0v) is 9.42. The lowest BCUT2D eigenvalue weighted by molar-refractivity contribution is -0.124. The molecule has 0 saturated carbocycles. The first-order chi connectivity index (χ1) is 6.72. The number of aliphatic hydroxyl groups is 1. The van der Waals surface area contributed by atoms with Gasteiger partial charge in [0.05, 0.1) is 0 Å². The summed E-state index contributed by atoms with van der Waals surface area (Å²) in [6, 6.07) is 0.265. The molecule has 0 aromatic heterocycles. The Morgan fingerprint density at radius 3 is 2.36 bits per heavy atom. The molecule has 0 aromatic carbocycles. The number of nitrogens with one attached hydrogen (secondary N) is 1. The summed E-state index contributed by atoms with van der Waals surface area (Å²) in [7, 11) is 2.07. The monoisotopic (exact) mass is 202 g/mol. The van der Waals surface area contributed by atoms with E-state index in [1.54, 1.807) is 0 Å². The van der Waals surface area contributed by atoms with Crippen LogP contribution < -0.4 is 5.32 Å². The number of hydrogen-bond donors (Lipinski definition) is 2. The van der Waals surface area contributed by atoms with Crippen molar-refractivity contribution in [1.82, 2.24) is 10.2 Å². The molecule has 2 N–H and O–H groups in total. The second kappa shape index (κ2) is 7.76. The van der Waals surface area contributed by atoms with Crippen LogP contribution in [0.3, 0.4) is 0 Å². The van der Waals surface area contributed by atoms with Gasteiger partial charge in [-0.15, -0.1) is 0 Å². The number of aliphatic hydroxyl groups excluding tert-OH is 1. The van der Waals surface area contributed by atoms with Crippen molar-refractivity contribution in [1.29, 1.82) is 0 Å². The minimum atomic E-state index is -0.396. The molecule has 1 fully saturated rings. The molecule has 0 spiro atoms. The zero-order chi connectivity index (χ0) is 11.0. The molecule has 0 aliphatic carbocycles. The van der Waals surface area contributed by atoms with Crippen molar-refractivity contribution in [3.05, 3.63) is 0 Å². The highest BCUT2D eigenvalue weighted by Crippen LogP contribution is 2.07. The number of likely N-dealkylation sites (tertiary alicyclic amines) is 1. The van der Waals surface area contributed by atoms with Crippen LogP contribution in [-0.2, 0) is 4.79 Å². The maximum Gasteiger partial charge on any atom is 0.245 e. The number of nitrogens with zero attached hydrogens (tertiary/aromatic N) is 1. The van der Waals surface area contributed by atoms with Crippen LogP contribution >= 0.6 is 0 Å². The molecule has 1 heterocycles. The largest absolute Gasteiger partial charge is 0.387 e. The van der Waals surface area contributed by atoms with Gasteiger partial charge < -0.3 is 15.3 Å². The molecule has 4 nitrogen and oxygen atoms in total. The summed E-state index contributed by atoms with van der Waals surface area (Å²) in [5, 5.41) is 11.3. The van der Waals surface area contributed by atoms with Gasteiger partial charge in [0.1, 0.15) is 6.61 Å². The molecule has 14 heavy (non-hydrogen) atoms. The van der Waals surface area contributed by atoms with Crippen LogP contribution in [0.25, 0.3) is 0 Å². The second-order valence-electron chi connectivity index (χ2n) is 3.30. The summed E-state index contributed by atoms with van der Waals surface area (Å²) in [5.74, 6) is -0.260. The van der Waals surface area contributed by atoms with Crippen molar-refractivity contribution in [2.24, 2.45) is 0 Å². The van der Waals surface area contributed by atoms with Crippen molar-refractivity contribution in [3.8, 4) is 0 Å². The third-order valence-electron chi connectivity index (χ3n) is 2.23. The lowest BCUT2D eigenvalue weighted by Gasteiger charge is -2.29. The van der Waals surface area contributed by atoms with Gasteiger partial charge in [0.25, 0.3) is 0 Å². The van der Waals surface area contributed by atoms with Gasteiger partial charge >= 0.3 is 0 Å². The molecule has 1 rings (SSSR count). The van der Waals surface area contributed by atoms with Crippen LogP contribution in [0.4, 0.5) is 0 Å². The Hall–Kier alpha value is -0.610. The Labute approximate surface area is 86.3 Å². The van der Waals surface area contributed by atoms with Gasteiger partial charge in [-0.25, -0.2) is 0 Å². The summed E-state index contributed by atoms with van der Waals surface area (Å²) in [5.41, 5.74) is 0. The maximum absolute atomic E-state index is 10.8. The van der Waals surface area contributed by atoms with Gasteiger partial charge in [-0.3, -0.25) is 4.79 Å². The van der Waals surface area contributed by atoms with Gasteiger partial charge in [-0.2, -0.15) is 0 Å². The van der Waals surface area contributed by atoms with E-state index < -0.39 is 6.61 Å². The van der Waals surface area contributed by atoms with E-state index >= 15 is 0 Å². The van der Waals surface area contributed by atoms with E-state index in [-0.39, 0.29) is 11.9 Å². The average molecular weight is 202 g/mol. The molecular formula is C10H22N2O2. The number of carbonyl (C=O) groups excluding carboxylic acids is 1. The summed E-state index contributed by atoms with van der Waals surface area (Å²) < 4.78 is 0. The topological polar surface area (TPSA) is 52.6 Å². The number of rotatable bonds is 2. The van der Waals surface area contributed by atoms with Gasteiger partial charge in [0.2, 0.25) is 5.91 Å². The molecule has 84 valence electrons. The lowest BCUT2D eigenvalue weighted by atomic mass is 10.1. The number of hydrogen-bond acceptors (Lipinski definition) is 3. The molecule has 1 aliphatic rings. The van der Waals surface area contributed by atoms with Crippen LogP contribution in [0.15, 0.2) is 0 Å². The van der Waals surface area contributed by atoms with Crippen molar-refractivity contribution < 1.29 is 9.90 Å². The van der Waals surface area contributed by atoms with E-state index in [2.05, 4.69) is 17.3 Å². The summed E-state index contributed by atoms with van der Waals surface area (Å²) in [4.78, 5) is 13.0. The van der Waals surface area contributed by atoms with E-state index in [1.165, 1.54) is 0 Å². The molecule has 1 aliphatic heterocycles. The first-order valence-electron chi connectivity index (χ1n) is 5.31. The fourth-order valence-corrected chi connectivity index (χ4v) is 1.43. The highest BCUT2D eigenvalue weighted by Gasteiger charge is 2.17. The molecule has 4 heteroatoms. The molecule has 1 amide bonds. The molecule has 0 atom stereocenters. The predicted octanol–water partition coefficient (Wildman–Crippen LogP) is 0.215. The normalized spacial score (nSPS) is 18.3. The summed E-state index contributed by atoms with van der Waals surface area (Å²) >= 11 is 0. The maximum atomic E-state index is 10.8. The van der Waals surface area contributed by atoms with E-state index in [9.17, 15) is 4.79 Å². The molecule has 0 aromatic rings. The van der Waals surface area contributed by atoms with Crippen molar-refractivity contribution in [2.45, 2.75) is 32.7 Å². The van der Waals surface area contributed by atoms with E-state index in [1.807, 2.05) is 13.8 Å². The Bertz CT molecular complexity index is 154. The van der Waals surface area contributed by atoms with Gasteiger partial charge in [-0.05, 0) is 33.0 Å². The van der Waals surface area contributed by atoms with Crippen molar-refractivity contribution >= 4 is 5.91 Å². The standard InChI is InChI=1S/C8H16N2O2.C2H6/c1-10-4-2-7(3-5-10)9-8(12)6-11;1-2/h7,11H,2-6H2,1H3,(H,9,12);1-2H3. The molecule has 1 saturated heterocycles. The number of carbonyl (C=O) groups is 1. The molecule has 0 radical (unpaired) electrons. The number of piperidine rings is 1. The quantitative estimate of drug-likeness (QED) is 0.673. The Morgan fingerprint density at radius 1 is 1.43 bits per heavy atom. The minimum absolute atomic E-state index is 0.260. The molecular weight excluding hydrogens is 180 g/mol. The van der Waals surface area contributed by atoms with Gasteiger partial charge in [0, 0.05) is 6.04 Å². The zero-order valence-electron chi connectivity index (χ0n) is 9.42. The third kappa shape index (κ3) is 5.19. The fourth-order valence-electron chi connectivity index (χ4n) is 1.43. The second-order valence-corrected chi connectivity index (χ2v) is 3.30. The highest BCUT2D eigenvalue weighted by molar-refractivity contribution is 5.77. The average Bonchev–Trinajstić information content (AvgIpc) is 2.24. The Morgan fingerprint density at radius 2 is 1.93 bits per heavy atom. The fraction of sp³-hybridized carbons (Fsp3) is 0.900. The highest BCUT2D eigenvalue weighted by atomic mass is 16.3. The Kier molecular flexibility index (Phi) is 7.42. The van der Waals surface area contributed by atoms with Crippen molar-refractivity contribution in [2.75, 3.05) is 26.7 Å². The van der Waals surface area contributed by atoms with E-state index in [0.717, 1.165) is 25.9 Å². The first-order valence-corrected chi connectivity index (χ1v) is 5.31. The van der Waals surface area contributed by atoms with Gasteiger partial charge in [-0.1, -0.05) is 13.8 Å². The van der Waals surface area contributed by atoms with E-state index in [4.69, 9.17) is 5.11 Å². The van der Waals surface area contributed by atoms with Gasteiger partial charge in [0.15, 0.2) is 0 Å². The smallest absolute Gasteiger partial charge is 0.245 e. The third-order valence-corrected chi connectivity index (χ3v) is 2.23. The SMILES string of the molecule is CC.CN1CCC(NC(=O)CO)CC1. The molecule has 0 bridgehead atoms. The first kappa shape index (κ1) is 13.4. The van der Waals surface area contributed by atoms with E-state index in [0.29, 0.717) is 0 Å². The summed E-state index contributed by atoms with van der Waals surface area (Å²) in [6.45, 7) is 5.65. The minimum Gasteiger partial charge on any atom is -0.387 e. The van der Waals surface area contributed by atoms with Crippen LogP contribution in [0.5, 0.6) is 0 Å². The number of amides is 1. The lowest BCUT2D eigenvalue weighted by Crippen LogP contribution is -2.44. The molecule has 0 unspecified atom stereocenters. The van der Waals surface area contributed by atoms with Crippen molar-refractivity contribution in [3.63, 3.8) is 0 Å². The van der Waals surface area contributed by atoms with Crippen LogP contribution in [-0.4, -0.2) is 48.7 Å². The summed E-state index contributed by atoms with van der Waals surface area (Å²) in [6.07, 6.45) is 1.98. The predicted molar refractivity (Wildman–Crippen MR) is 57.1 cm³/mol.